The first-order valence-corrected chi connectivity index (χ1v) is 6.11. The van der Waals surface area contributed by atoms with Crippen LogP contribution in [0.5, 0.6) is 0 Å². The highest BCUT2D eigenvalue weighted by Gasteiger charge is 2.18. The van der Waals surface area contributed by atoms with Gasteiger partial charge in [-0.2, -0.15) is 0 Å². The van der Waals surface area contributed by atoms with E-state index in [1.165, 1.54) is 11.8 Å². The summed E-state index contributed by atoms with van der Waals surface area (Å²) in [5, 5.41) is 5.26. The molecule has 0 fully saturated rings. The largest absolute Gasteiger partial charge is 0.349 e. The van der Waals surface area contributed by atoms with E-state index in [0.717, 1.165) is 4.90 Å². The molecule has 0 saturated carbocycles. The molecule has 4 N–H and O–H groups in total. The SMILES string of the molecule is NCCNC(=O)c1ccc2c(n1)NC(=O)CS2. The molecule has 1 aromatic heterocycles. The van der Waals surface area contributed by atoms with Crippen molar-refractivity contribution in [2.45, 2.75) is 4.90 Å². The van der Waals surface area contributed by atoms with Crippen LogP contribution in [0.4, 0.5) is 5.82 Å². The Hall–Kier alpha value is -1.60. The molecule has 2 heterocycles. The van der Waals surface area contributed by atoms with Gasteiger partial charge in [-0.3, -0.25) is 9.59 Å². The second-order valence-electron chi connectivity index (χ2n) is 3.42. The Kier molecular flexibility index (Phi) is 3.60. The monoisotopic (exact) mass is 252 g/mol. The third kappa shape index (κ3) is 2.75. The van der Waals surface area contributed by atoms with Gasteiger partial charge in [0.15, 0.2) is 0 Å². The van der Waals surface area contributed by atoms with Gasteiger partial charge in [-0.05, 0) is 12.1 Å². The van der Waals surface area contributed by atoms with Crippen LogP contribution in [0.3, 0.4) is 0 Å². The Morgan fingerprint density at radius 2 is 2.41 bits per heavy atom. The van der Waals surface area contributed by atoms with Crippen molar-refractivity contribution in [3.8, 4) is 0 Å². The van der Waals surface area contributed by atoms with Gasteiger partial charge in [0.1, 0.15) is 11.5 Å². The summed E-state index contributed by atoms with van der Waals surface area (Å²) in [6.45, 7) is 0.780. The minimum atomic E-state index is -0.289. The number of hydrogen-bond acceptors (Lipinski definition) is 5. The average Bonchev–Trinajstić information content (AvgIpc) is 2.35. The molecule has 0 spiro atoms. The number of rotatable bonds is 3. The van der Waals surface area contributed by atoms with Crippen molar-refractivity contribution < 1.29 is 9.59 Å². The van der Waals surface area contributed by atoms with Gasteiger partial charge < -0.3 is 16.4 Å². The molecule has 7 heteroatoms. The molecule has 90 valence electrons. The van der Waals surface area contributed by atoms with Gasteiger partial charge in [-0.15, -0.1) is 11.8 Å². The number of carbonyl (C=O) groups is 2. The summed E-state index contributed by atoms with van der Waals surface area (Å²) >= 11 is 1.41. The van der Waals surface area contributed by atoms with Crippen LogP contribution in [0, 0.1) is 0 Å². The van der Waals surface area contributed by atoms with E-state index in [4.69, 9.17) is 5.73 Å². The van der Waals surface area contributed by atoms with E-state index in [1.54, 1.807) is 12.1 Å². The van der Waals surface area contributed by atoms with Gasteiger partial charge >= 0.3 is 0 Å². The maximum absolute atomic E-state index is 11.6. The highest BCUT2D eigenvalue weighted by molar-refractivity contribution is 8.00. The lowest BCUT2D eigenvalue weighted by atomic mass is 10.3. The molecule has 0 radical (unpaired) electrons. The number of carbonyl (C=O) groups excluding carboxylic acids is 2. The highest BCUT2D eigenvalue weighted by Crippen LogP contribution is 2.29. The zero-order valence-electron chi connectivity index (χ0n) is 9.03. The van der Waals surface area contributed by atoms with Gasteiger partial charge in [-0.25, -0.2) is 4.98 Å². The number of nitrogens with zero attached hydrogens (tertiary/aromatic N) is 1. The maximum Gasteiger partial charge on any atom is 0.270 e. The minimum Gasteiger partial charge on any atom is -0.349 e. The van der Waals surface area contributed by atoms with Crippen LogP contribution in [-0.4, -0.2) is 35.6 Å². The Bertz CT molecular complexity index is 464. The minimum absolute atomic E-state index is 0.102. The van der Waals surface area contributed by atoms with E-state index >= 15 is 0 Å². The van der Waals surface area contributed by atoms with Gasteiger partial charge in [-0.1, -0.05) is 0 Å². The van der Waals surface area contributed by atoms with Crippen LogP contribution in [-0.2, 0) is 4.79 Å². The second-order valence-corrected chi connectivity index (χ2v) is 4.44. The molecule has 17 heavy (non-hydrogen) atoms. The first-order chi connectivity index (χ1) is 8.20. The summed E-state index contributed by atoms with van der Waals surface area (Å²) in [6.07, 6.45) is 0. The van der Waals surface area contributed by atoms with Crippen molar-refractivity contribution in [3.63, 3.8) is 0 Å². The number of nitrogens with one attached hydrogen (secondary N) is 2. The van der Waals surface area contributed by atoms with E-state index < -0.39 is 0 Å². The number of aromatic nitrogens is 1. The van der Waals surface area contributed by atoms with Crippen LogP contribution in [0.15, 0.2) is 17.0 Å². The fourth-order valence-electron chi connectivity index (χ4n) is 1.37. The molecular formula is C10H12N4O2S. The normalized spacial score (nSPS) is 13.8. The topological polar surface area (TPSA) is 97.1 Å². The highest BCUT2D eigenvalue weighted by atomic mass is 32.2. The standard InChI is InChI=1S/C10H12N4O2S/c11-3-4-12-10(16)6-1-2-7-9(13-6)14-8(15)5-17-7/h1-2H,3-5,11H2,(H,12,16)(H,13,14,15). The first kappa shape index (κ1) is 11.9. The van der Waals surface area contributed by atoms with Gasteiger partial charge in [0.25, 0.3) is 5.91 Å². The van der Waals surface area contributed by atoms with Gasteiger partial charge in [0.05, 0.1) is 10.6 Å². The smallest absolute Gasteiger partial charge is 0.270 e. The Morgan fingerprint density at radius 1 is 1.59 bits per heavy atom. The number of pyridine rings is 1. The Labute approximate surface area is 102 Å². The number of thioether (sulfide) groups is 1. The molecular weight excluding hydrogens is 240 g/mol. The predicted octanol–water partition coefficient (Wildman–Crippen LogP) is -0.186. The molecule has 1 aromatic rings. The third-order valence-electron chi connectivity index (χ3n) is 2.14. The lowest BCUT2D eigenvalue weighted by Crippen LogP contribution is -2.30. The predicted molar refractivity (Wildman–Crippen MR) is 65.0 cm³/mol. The Balaban J connectivity index is 2.18. The lowest BCUT2D eigenvalue weighted by molar-refractivity contribution is -0.113. The zero-order valence-corrected chi connectivity index (χ0v) is 9.84. The number of hydrogen-bond donors (Lipinski definition) is 3. The molecule has 1 aliphatic rings. The summed E-state index contributed by atoms with van der Waals surface area (Å²) in [5.41, 5.74) is 5.57. The molecule has 6 nitrogen and oxygen atoms in total. The second kappa shape index (κ2) is 5.15. The molecule has 0 aliphatic carbocycles. The van der Waals surface area contributed by atoms with Crippen LogP contribution >= 0.6 is 11.8 Å². The quantitative estimate of drug-likeness (QED) is 0.693. The first-order valence-electron chi connectivity index (χ1n) is 5.12. The molecule has 0 saturated heterocycles. The Morgan fingerprint density at radius 3 is 3.18 bits per heavy atom. The number of fused-ring (bicyclic) bond motifs is 1. The molecule has 0 atom stereocenters. The van der Waals surface area contributed by atoms with Gasteiger partial charge in [0.2, 0.25) is 5.91 Å². The molecule has 1 aliphatic heterocycles. The molecule has 0 unspecified atom stereocenters. The summed E-state index contributed by atoms with van der Waals surface area (Å²) < 4.78 is 0. The van der Waals surface area contributed by atoms with Crippen molar-refractivity contribution >= 4 is 29.4 Å². The number of anilines is 1. The number of nitrogens with two attached hydrogens (primary N) is 1. The molecule has 0 bridgehead atoms. The molecule has 0 aromatic carbocycles. The van der Waals surface area contributed by atoms with E-state index in [9.17, 15) is 9.59 Å². The van der Waals surface area contributed by atoms with E-state index in [1.807, 2.05) is 0 Å². The van der Waals surface area contributed by atoms with Crippen molar-refractivity contribution in [1.82, 2.24) is 10.3 Å². The zero-order chi connectivity index (χ0) is 12.3. The fourth-order valence-corrected chi connectivity index (χ4v) is 2.12. The molecule has 2 rings (SSSR count). The lowest BCUT2D eigenvalue weighted by Gasteiger charge is -2.15. The van der Waals surface area contributed by atoms with Crippen LogP contribution < -0.4 is 16.4 Å². The number of amides is 2. The van der Waals surface area contributed by atoms with Crippen LogP contribution in [0.2, 0.25) is 0 Å². The van der Waals surface area contributed by atoms with Crippen molar-refractivity contribution in [2.75, 3.05) is 24.2 Å². The van der Waals surface area contributed by atoms with Gasteiger partial charge in [0, 0.05) is 13.1 Å². The molecule has 2 amide bonds. The fraction of sp³-hybridized carbons (Fsp3) is 0.300. The summed E-state index contributed by atoms with van der Waals surface area (Å²) in [7, 11) is 0. The van der Waals surface area contributed by atoms with Crippen LogP contribution in [0.25, 0.3) is 0 Å². The van der Waals surface area contributed by atoms with E-state index in [-0.39, 0.29) is 17.5 Å². The third-order valence-corrected chi connectivity index (χ3v) is 3.18. The maximum atomic E-state index is 11.6. The summed E-state index contributed by atoms with van der Waals surface area (Å²) in [5.74, 6) is 0.442. The van der Waals surface area contributed by atoms with Crippen molar-refractivity contribution in [1.29, 1.82) is 0 Å². The van der Waals surface area contributed by atoms with Crippen LogP contribution in [0.1, 0.15) is 10.5 Å². The van der Waals surface area contributed by atoms with Crippen molar-refractivity contribution in [2.24, 2.45) is 5.73 Å². The average molecular weight is 252 g/mol. The van der Waals surface area contributed by atoms with E-state index in [0.29, 0.717) is 24.7 Å². The van der Waals surface area contributed by atoms with Crippen molar-refractivity contribution in [3.05, 3.63) is 17.8 Å². The summed E-state index contributed by atoms with van der Waals surface area (Å²) in [4.78, 5) is 27.8. The summed E-state index contributed by atoms with van der Waals surface area (Å²) in [6, 6.07) is 3.42. The van der Waals surface area contributed by atoms with E-state index in [2.05, 4.69) is 15.6 Å².